The topological polar surface area (TPSA) is 26.0 Å². The summed E-state index contributed by atoms with van der Waals surface area (Å²) < 4.78 is 12.8. The van der Waals surface area contributed by atoms with Gasteiger partial charge in [0, 0.05) is 12.0 Å². The van der Waals surface area contributed by atoms with E-state index in [0.29, 0.717) is 17.9 Å². The molecule has 3 rings (SSSR count). The molecule has 1 saturated carbocycles. The van der Waals surface area contributed by atoms with Gasteiger partial charge in [0.1, 0.15) is 5.82 Å². The van der Waals surface area contributed by atoms with Crippen LogP contribution in [-0.4, -0.2) is 6.04 Å². The van der Waals surface area contributed by atoms with E-state index in [-0.39, 0.29) is 5.82 Å². The third-order valence-electron chi connectivity index (χ3n) is 3.15. The molecule has 1 aromatic rings. The molecule has 2 N–H and O–H groups in total. The van der Waals surface area contributed by atoms with Crippen molar-refractivity contribution in [3.05, 3.63) is 35.1 Å². The van der Waals surface area contributed by atoms with Crippen molar-refractivity contribution in [1.29, 1.82) is 0 Å². The molecule has 0 heterocycles. The molecule has 0 spiro atoms. The quantitative estimate of drug-likeness (QED) is 0.615. The molecular weight excluding hydrogens is 153 g/mol. The number of nitrogens with two attached hydrogens (primary N) is 1. The third kappa shape index (κ3) is 0.661. The van der Waals surface area contributed by atoms with Gasteiger partial charge in [-0.3, -0.25) is 0 Å². The van der Waals surface area contributed by atoms with Crippen molar-refractivity contribution in [3.8, 4) is 0 Å². The summed E-state index contributed by atoms with van der Waals surface area (Å²) in [7, 11) is 0. The molecule has 2 heteroatoms. The van der Waals surface area contributed by atoms with Crippen LogP contribution in [-0.2, 0) is 6.42 Å². The van der Waals surface area contributed by atoms with Crippen LogP contribution >= 0.6 is 0 Å². The molecule has 0 bridgehead atoms. The second kappa shape index (κ2) is 1.88. The van der Waals surface area contributed by atoms with Crippen molar-refractivity contribution in [3.63, 3.8) is 0 Å². The number of hydrogen-bond acceptors (Lipinski definition) is 1. The first-order valence-electron chi connectivity index (χ1n) is 4.31. The molecule has 0 unspecified atom stereocenters. The maximum Gasteiger partial charge on any atom is 0.123 e. The van der Waals surface area contributed by atoms with Crippen molar-refractivity contribution >= 4 is 0 Å². The van der Waals surface area contributed by atoms with Crippen molar-refractivity contribution in [2.45, 2.75) is 18.4 Å². The van der Waals surface area contributed by atoms with E-state index in [9.17, 15) is 4.39 Å². The van der Waals surface area contributed by atoms with Gasteiger partial charge in [0.25, 0.3) is 0 Å². The fourth-order valence-electron chi connectivity index (χ4n) is 2.43. The van der Waals surface area contributed by atoms with E-state index < -0.39 is 0 Å². The standard InChI is InChI=1S/C10H10FN/c11-6-1-2-7-5(3-6)4-8-9(7)10(8)12/h1-3,8-10H,4,12H2/t8-,9-,10-/m1/s1. The van der Waals surface area contributed by atoms with Crippen LogP contribution in [0.15, 0.2) is 18.2 Å². The van der Waals surface area contributed by atoms with Crippen molar-refractivity contribution in [2.75, 3.05) is 0 Å². The van der Waals surface area contributed by atoms with Gasteiger partial charge >= 0.3 is 0 Å². The van der Waals surface area contributed by atoms with Crippen LogP contribution in [0.5, 0.6) is 0 Å². The minimum Gasteiger partial charge on any atom is -0.327 e. The highest BCUT2D eigenvalue weighted by molar-refractivity contribution is 5.44. The van der Waals surface area contributed by atoms with Crippen LogP contribution in [0.3, 0.4) is 0 Å². The Labute approximate surface area is 70.4 Å². The van der Waals surface area contributed by atoms with Crippen LogP contribution in [0.1, 0.15) is 17.0 Å². The first-order valence-corrected chi connectivity index (χ1v) is 4.31. The molecule has 62 valence electrons. The summed E-state index contributed by atoms with van der Waals surface area (Å²) in [6.45, 7) is 0. The van der Waals surface area contributed by atoms with Gasteiger partial charge in [0.15, 0.2) is 0 Å². The second-order valence-corrected chi connectivity index (χ2v) is 3.81. The van der Waals surface area contributed by atoms with Gasteiger partial charge < -0.3 is 5.73 Å². The highest BCUT2D eigenvalue weighted by atomic mass is 19.1. The Hall–Kier alpha value is -0.890. The number of halogens is 1. The average molecular weight is 163 g/mol. The lowest BCUT2D eigenvalue weighted by Crippen LogP contribution is -2.08. The molecule has 1 aromatic carbocycles. The summed E-state index contributed by atoms with van der Waals surface area (Å²) in [5, 5.41) is 0. The Bertz CT molecular complexity index is 348. The van der Waals surface area contributed by atoms with Gasteiger partial charge in [-0.05, 0) is 35.6 Å². The highest BCUT2D eigenvalue weighted by Crippen LogP contribution is 2.54. The SMILES string of the molecule is N[C@@H]1[C@@H]2Cc3cc(F)ccc3[C@@H]12. The molecule has 0 aliphatic heterocycles. The summed E-state index contributed by atoms with van der Waals surface area (Å²) >= 11 is 0. The fraction of sp³-hybridized carbons (Fsp3) is 0.400. The van der Waals surface area contributed by atoms with Crippen LogP contribution < -0.4 is 5.73 Å². The third-order valence-corrected chi connectivity index (χ3v) is 3.15. The van der Waals surface area contributed by atoms with Crippen LogP contribution in [0.2, 0.25) is 0 Å². The Balaban J connectivity index is 2.11. The minimum atomic E-state index is -0.122. The second-order valence-electron chi connectivity index (χ2n) is 3.81. The van der Waals surface area contributed by atoms with E-state index in [1.54, 1.807) is 6.07 Å². The van der Waals surface area contributed by atoms with Gasteiger partial charge in [-0.25, -0.2) is 4.39 Å². The van der Waals surface area contributed by atoms with E-state index >= 15 is 0 Å². The maximum absolute atomic E-state index is 12.8. The predicted octanol–water partition coefficient (Wildman–Crippen LogP) is 1.42. The smallest absolute Gasteiger partial charge is 0.123 e. The van der Waals surface area contributed by atoms with Gasteiger partial charge in [0.05, 0.1) is 0 Å². The minimum absolute atomic E-state index is 0.122. The molecular formula is C10H10FN. The van der Waals surface area contributed by atoms with Crippen LogP contribution in [0, 0.1) is 11.7 Å². The summed E-state index contributed by atoms with van der Waals surface area (Å²) in [5.74, 6) is 1.03. The summed E-state index contributed by atoms with van der Waals surface area (Å²) in [6, 6.07) is 5.42. The fourth-order valence-corrected chi connectivity index (χ4v) is 2.43. The molecule has 0 radical (unpaired) electrons. The van der Waals surface area contributed by atoms with Crippen molar-refractivity contribution in [1.82, 2.24) is 0 Å². The lowest BCUT2D eigenvalue weighted by molar-refractivity contribution is 0.624. The molecule has 1 fully saturated rings. The normalized spacial score (nSPS) is 36.0. The van der Waals surface area contributed by atoms with E-state index in [1.165, 1.54) is 17.2 Å². The van der Waals surface area contributed by atoms with Crippen molar-refractivity contribution < 1.29 is 4.39 Å². The molecule has 0 aromatic heterocycles. The Morgan fingerprint density at radius 2 is 2.25 bits per heavy atom. The first-order chi connectivity index (χ1) is 5.77. The zero-order chi connectivity index (χ0) is 8.29. The van der Waals surface area contributed by atoms with E-state index in [0.717, 1.165) is 6.42 Å². The lowest BCUT2D eigenvalue weighted by atomic mass is 10.1. The molecule has 2 aliphatic rings. The zero-order valence-electron chi connectivity index (χ0n) is 6.63. The summed E-state index contributed by atoms with van der Waals surface area (Å²) in [6.07, 6.45) is 0.985. The van der Waals surface area contributed by atoms with Gasteiger partial charge in [-0.2, -0.15) is 0 Å². The molecule has 2 aliphatic carbocycles. The molecule has 3 atom stereocenters. The predicted molar refractivity (Wildman–Crippen MR) is 44.3 cm³/mol. The van der Waals surface area contributed by atoms with Gasteiger partial charge in [-0.1, -0.05) is 6.07 Å². The monoisotopic (exact) mass is 163 g/mol. The van der Waals surface area contributed by atoms with E-state index in [2.05, 4.69) is 0 Å². The van der Waals surface area contributed by atoms with Crippen LogP contribution in [0.25, 0.3) is 0 Å². The maximum atomic E-state index is 12.8. The largest absolute Gasteiger partial charge is 0.327 e. The Morgan fingerprint density at radius 3 is 3.08 bits per heavy atom. The Kier molecular flexibility index (Phi) is 1.04. The van der Waals surface area contributed by atoms with E-state index in [1.807, 2.05) is 6.07 Å². The Morgan fingerprint density at radius 1 is 1.42 bits per heavy atom. The lowest BCUT2D eigenvalue weighted by Gasteiger charge is -2.03. The van der Waals surface area contributed by atoms with Crippen molar-refractivity contribution in [2.24, 2.45) is 11.7 Å². The molecule has 12 heavy (non-hydrogen) atoms. The number of rotatable bonds is 0. The number of fused-ring (bicyclic) bond motifs is 3. The summed E-state index contributed by atoms with van der Waals surface area (Å²) in [4.78, 5) is 0. The molecule has 0 saturated heterocycles. The average Bonchev–Trinajstić information content (AvgIpc) is 2.57. The van der Waals surface area contributed by atoms with Crippen LogP contribution in [0.4, 0.5) is 4.39 Å². The van der Waals surface area contributed by atoms with E-state index in [4.69, 9.17) is 5.73 Å². The molecule has 0 amide bonds. The van der Waals surface area contributed by atoms with Gasteiger partial charge in [0.2, 0.25) is 0 Å². The number of hydrogen-bond donors (Lipinski definition) is 1. The first kappa shape index (κ1) is 6.61. The molecule has 1 nitrogen and oxygen atoms in total. The highest BCUT2D eigenvalue weighted by Gasteiger charge is 2.53. The van der Waals surface area contributed by atoms with Gasteiger partial charge in [-0.15, -0.1) is 0 Å². The zero-order valence-corrected chi connectivity index (χ0v) is 6.63. The number of benzene rings is 1. The summed E-state index contributed by atoms with van der Waals surface area (Å²) in [5.41, 5.74) is 8.29.